The van der Waals surface area contributed by atoms with Gasteiger partial charge >= 0.3 is 0 Å². The van der Waals surface area contributed by atoms with Crippen molar-refractivity contribution in [2.24, 2.45) is 5.92 Å². The minimum absolute atomic E-state index is 0.0367. The summed E-state index contributed by atoms with van der Waals surface area (Å²) in [4.78, 5) is 30.9. The first kappa shape index (κ1) is 28.0. The maximum absolute atomic E-state index is 13.1. The number of benzene rings is 2. The lowest BCUT2D eigenvalue weighted by atomic mass is 9.87. The van der Waals surface area contributed by atoms with E-state index in [2.05, 4.69) is 82.1 Å². The van der Waals surface area contributed by atoms with Crippen molar-refractivity contribution in [3.63, 3.8) is 0 Å². The lowest BCUT2D eigenvalue weighted by Crippen LogP contribution is -2.41. The van der Waals surface area contributed by atoms with Gasteiger partial charge in [-0.25, -0.2) is 0 Å². The molecule has 7 nitrogen and oxygen atoms in total. The van der Waals surface area contributed by atoms with Gasteiger partial charge in [0.1, 0.15) is 0 Å². The first-order valence-electron chi connectivity index (χ1n) is 14.8. The number of hydrogen-bond donors (Lipinski definition) is 3. The van der Waals surface area contributed by atoms with Crippen molar-refractivity contribution in [1.82, 2.24) is 15.5 Å². The number of allylic oxidation sites excluding steroid dienone is 1. The summed E-state index contributed by atoms with van der Waals surface area (Å²) in [5.41, 5.74) is 6.90. The van der Waals surface area contributed by atoms with Crippen LogP contribution in [0.1, 0.15) is 57.6 Å². The van der Waals surface area contributed by atoms with E-state index in [1.54, 1.807) is 0 Å². The molecule has 2 aromatic rings. The highest BCUT2D eigenvalue weighted by atomic mass is 16.2. The quantitative estimate of drug-likeness (QED) is 0.400. The Bertz CT molecular complexity index is 1290. The van der Waals surface area contributed by atoms with Crippen molar-refractivity contribution in [2.45, 2.75) is 52.5 Å². The van der Waals surface area contributed by atoms with Crippen LogP contribution in [0, 0.1) is 5.92 Å². The van der Waals surface area contributed by atoms with Gasteiger partial charge in [-0.15, -0.1) is 0 Å². The van der Waals surface area contributed by atoms with Gasteiger partial charge in [-0.05, 0) is 87.2 Å². The molecule has 0 saturated carbocycles. The van der Waals surface area contributed by atoms with Gasteiger partial charge in [0, 0.05) is 54.9 Å². The minimum atomic E-state index is -0.256. The van der Waals surface area contributed by atoms with Crippen LogP contribution in [-0.2, 0) is 9.59 Å². The van der Waals surface area contributed by atoms with Gasteiger partial charge in [0.2, 0.25) is 5.91 Å². The van der Waals surface area contributed by atoms with Crippen LogP contribution in [0.5, 0.6) is 0 Å². The Labute approximate surface area is 238 Å². The summed E-state index contributed by atoms with van der Waals surface area (Å²) in [6.07, 6.45) is 4.11. The predicted molar refractivity (Wildman–Crippen MR) is 163 cm³/mol. The number of anilines is 2. The van der Waals surface area contributed by atoms with Gasteiger partial charge in [-0.1, -0.05) is 38.1 Å². The molecule has 0 aromatic heterocycles. The monoisotopic (exact) mass is 541 g/mol. The van der Waals surface area contributed by atoms with Crippen molar-refractivity contribution in [3.8, 4) is 0 Å². The van der Waals surface area contributed by atoms with Crippen LogP contribution in [0.2, 0.25) is 0 Å². The fraction of sp³-hybridized carbons (Fsp3) is 0.455. The summed E-state index contributed by atoms with van der Waals surface area (Å²) in [5.74, 6) is 0.164. The summed E-state index contributed by atoms with van der Waals surface area (Å²) >= 11 is 0. The van der Waals surface area contributed by atoms with E-state index in [9.17, 15) is 9.59 Å². The normalized spacial score (nSPS) is 22.1. The first-order valence-corrected chi connectivity index (χ1v) is 14.8. The second-order valence-corrected chi connectivity index (χ2v) is 11.2. The molecule has 2 unspecified atom stereocenters. The van der Waals surface area contributed by atoms with Crippen LogP contribution in [-0.4, -0.2) is 62.0 Å². The van der Waals surface area contributed by atoms with E-state index in [0.29, 0.717) is 18.0 Å². The molecule has 0 aliphatic carbocycles. The third-order valence-electron chi connectivity index (χ3n) is 8.88. The average molecular weight is 542 g/mol. The number of fused-ring (bicyclic) bond motifs is 1. The molecule has 3 N–H and O–H groups in total. The number of carbonyl (C=O) groups is 2. The lowest BCUT2D eigenvalue weighted by Gasteiger charge is -2.34. The molecule has 212 valence electrons. The van der Waals surface area contributed by atoms with Crippen LogP contribution < -0.4 is 20.9 Å². The molecule has 0 radical (unpaired) electrons. The average Bonchev–Trinajstić information content (AvgIpc) is 3.44. The van der Waals surface area contributed by atoms with Crippen molar-refractivity contribution in [1.29, 1.82) is 0 Å². The molecular weight excluding hydrogens is 498 g/mol. The summed E-state index contributed by atoms with van der Waals surface area (Å²) in [6.45, 7) is 13.8. The molecule has 0 bridgehead atoms. The Hall–Kier alpha value is -3.58. The molecule has 2 amide bonds. The van der Waals surface area contributed by atoms with Crippen LogP contribution in [0.4, 0.5) is 11.4 Å². The number of carbonyl (C=O) groups excluding carboxylic acids is 2. The van der Waals surface area contributed by atoms with E-state index in [1.165, 1.54) is 11.3 Å². The van der Waals surface area contributed by atoms with Crippen LogP contribution in [0.25, 0.3) is 5.57 Å². The largest absolute Gasteiger partial charge is 0.381 e. The summed E-state index contributed by atoms with van der Waals surface area (Å²) in [5, 5.41) is 9.64. The number of piperidine rings is 1. The predicted octanol–water partition coefficient (Wildman–Crippen LogP) is 4.75. The topological polar surface area (TPSA) is 76.7 Å². The Morgan fingerprint density at radius 2 is 1.82 bits per heavy atom. The minimum Gasteiger partial charge on any atom is -0.381 e. The number of nitrogens with zero attached hydrogens (tertiary/aromatic N) is 2. The van der Waals surface area contributed by atoms with Gasteiger partial charge in [0.05, 0.1) is 11.5 Å². The summed E-state index contributed by atoms with van der Waals surface area (Å²) in [7, 11) is 0. The van der Waals surface area contributed by atoms with Crippen LogP contribution in [0.3, 0.4) is 0 Å². The van der Waals surface area contributed by atoms with E-state index in [0.717, 1.165) is 68.1 Å². The van der Waals surface area contributed by atoms with E-state index in [4.69, 9.17) is 0 Å². The maximum Gasteiger partial charge on any atom is 0.256 e. The molecule has 2 aromatic carbocycles. The number of para-hydroxylation sites is 1. The molecule has 7 heteroatoms. The van der Waals surface area contributed by atoms with Gasteiger partial charge in [0.25, 0.3) is 5.91 Å². The number of nitrogens with one attached hydrogen (secondary N) is 3. The molecule has 3 heterocycles. The standard InChI is InChI=1S/C33H43N5O2/c1-5-37(6-2)19-16-34-33(40)31-22(3)30(35-23(31)4)21-28-27-20-25(12-13-29(27)36-32(28)39)24-14-17-38(18-15-24)26-10-8-7-9-11-26/h7-13,20-21,23-24,31,35H,5-6,14-19H2,1-4H3,(H,34,40)(H,36,39)/b28-21-. The van der Waals surface area contributed by atoms with Gasteiger partial charge in [-0.3, -0.25) is 9.59 Å². The Morgan fingerprint density at radius 3 is 2.52 bits per heavy atom. The molecule has 0 spiro atoms. The Morgan fingerprint density at radius 1 is 1.10 bits per heavy atom. The molecule has 3 aliphatic heterocycles. The second kappa shape index (κ2) is 12.3. The Balaban J connectivity index is 1.30. The zero-order valence-electron chi connectivity index (χ0n) is 24.3. The number of amides is 2. The highest BCUT2D eigenvalue weighted by molar-refractivity contribution is 6.32. The van der Waals surface area contributed by atoms with Gasteiger partial charge in [0.15, 0.2) is 0 Å². The maximum atomic E-state index is 13.1. The molecule has 1 saturated heterocycles. The summed E-state index contributed by atoms with van der Waals surface area (Å²) < 4.78 is 0. The highest BCUT2D eigenvalue weighted by Gasteiger charge is 2.35. The second-order valence-electron chi connectivity index (χ2n) is 11.2. The van der Waals surface area contributed by atoms with E-state index in [1.807, 2.05) is 26.0 Å². The zero-order valence-corrected chi connectivity index (χ0v) is 24.3. The number of rotatable bonds is 9. The van der Waals surface area contributed by atoms with Crippen LogP contribution >= 0.6 is 0 Å². The molecule has 3 aliphatic rings. The number of likely N-dealkylation sites (N-methyl/N-ethyl adjacent to an activating group) is 1. The highest BCUT2D eigenvalue weighted by Crippen LogP contribution is 2.38. The summed E-state index contributed by atoms with van der Waals surface area (Å²) in [6, 6.07) is 17.0. The van der Waals surface area contributed by atoms with Gasteiger partial charge in [-0.2, -0.15) is 0 Å². The third-order valence-corrected chi connectivity index (χ3v) is 8.88. The smallest absolute Gasteiger partial charge is 0.256 e. The third kappa shape index (κ3) is 5.80. The molecule has 5 rings (SSSR count). The van der Waals surface area contributed by atoms with E-state index >= 15 is 0 Å². The lowest BCUT2D eigenvalue weighted by molar-refractivity contribution is -0.124. The zero-order chi connectivity index (χ0) is 28.2. The van der Waals surface area contributed by atoms with Gasteiger partial charge < -0.3 is 25.8 Å². The van der Waals surface area contributed by atoms with Crippen molar-refractivity contribution in [3.05, 3.63) is 77.0 Å². The van der Waals surface area contributed by atoms with E-state index < -0.39 is 0 Å². The first-order chi connectivity index (χ1) is 19.4. The van der Waals surface area contributed by atoms with E-state index in [-0.39, 0.29) is 23.8 Å². The Kier molecular flexibility index (Phi) is 8.60. The molecular formula is C33H43N5O2. The van der Waals surface area contributed by atoms with Crippen molar-refractivity contribution in [2.75, 3.05) is 49.5 Å². The molecule has 40 heavy (non-hydrogen) atoms. The molecule has 1 fully saturated rings. The fourth-order valence-corrected chi connectivity index (χ4v) is 6.41. The van der Waals surface area contributed by atoms with Crippen LogP contribution in [0.15, 0.2) is 65.9 Å². The van der Waals surface area contributed by atoms with Crippen molar-refractivity contribution >= 4 is 28.8 Å². The SMILES string of the molecule is CCN(CC)CCNC(=O)C1C(C)=C(/C=C2\C(=O)Nc3ccc(C4CCN(c5ccccc5)CC4)cc32)NC1C. The number of hydrogen-bond acceptors (Lipinski definition) is 5. The molecule has 2 atom stereocenters. The van der Waals surface area contributed by atoms with Crippen molar-refractivity contribution < 1.29 is 9.59 Å². The fourth-order valence-electron chi connectivity index (χ4n) is 6.41.